The Hall–Kier alpha value is -1.56. The van der Waals surface area contributed by atoms with Crippen LogP contribution in [-0.2, 0) is 9.53 Å². The lowest BCUT2D eigenvalue weighted by Gasteiger charge is -2.37. The molecule has 0 spiro atoms. The Labute approximate surface area is 119 Å². The van der Waals surface area contributed by atoms with Gasteiger partial charge in [-0.15, -0.1) is 0 Å². The molecule has 2 amide bonds. The van der Waals surface area contributed by atoms with Crippen molar-refractivity contribution in [2.45, 2.75) is 58.3 Å². The van der Waals surface area contributed by atoms with Crippen molar-refractivity contribution in [3.63, 3.8) is 0 Å². The monoisotopic (exact) mass is 284 g/mol. The molecule has 0 aromatic carbocycles. The van der Waals surface area contributed by atoms with Crippen molar-refractivity contribution in [3.05, 3.63) is 11.6 Å². The molecule has 6 nitrogen and oxygen atoms in total. The average molecular weight is 284 g/mol. The minimum Gasteiger partial charge on any atom is -0.438 e. The van der Waals surface area contributed by atoms with Crippen LogP contribution in [0.4, 0.5) is 4.79 Å². The van der Waals surface area contributed by atoms with Gasteiger partial charge >= 0.3 is 6.09 Å². The zero-order valence-corrected chi connectivity index (χ0v) is 12.6. The fraction of sp³-hybridized carbons (Fsp3) is 0.714. The van der Waals surface area contributed by atoms with Gasteiger partial charge in [0.2, 0.25) is 5.91 Å². The van der Waals surface area contributed by atoms with Gasteiger partial charge in [-0.3, -0.25) is 9.69 Å². The van der Waals surface area contributed by atoms with Gasteiger partial charge in [0.15, 0.2) is 11.3 Å². The van der Waals surface area contributed by atoms with Gasteiger partial charge in [0, 0.05) is 13.0 Å². The van der Waals surface area contributed by atoms with Gasteiger partial charge in [-0.05, 0) is 40.5 Å². The maximum Gasteiger partial charge on any atom is 0.412 e. The summed E-state index contributed by atoms with van der Waals surface area (Å²) < 4.78 is 5.35. The van der Waals surface area contributed by atoms with E-state index in [-0.39, 0.29) is 13.0 Å². The van der Waals surface area contributed by atoms with Crippen LogP contribution in [-0.4, -0.2) is 39.9 Å². The SMILES string of the molecule is CC(C)=CCCC1(C)OC(=O)N(CCC(N)=O)C1(C)O. The number of aliphatic hydroxyl groups is 1. The van der Waals surface area contributed by atoms with Crippen molar-refractivity contribution in [2.24, 2.45) is 5.73 Å². The largest absolute Gasteiger partial charge is 0.438 e. The van der Waals surface area contributed by atoms with Gasteiger partial charge in [-0.2, -0.15) is 0 Å². The molecule has 1 aliphatic rings. The zero-order chi connectivity index (χ0) is 15.6. The molecule has 2 unspecified atom stereocenters. The van der Waals surface area contributed by atoms with Gasteiger partial charge in [-0.25, -0.2) is 4.79 Å². The topological polar surface area (TPSA) is 92.9 Å². The Morgan fingerprint density at radius 2 is 2.05 bits per heavy atom. The summed E-state index contributed by atoms with van der Waals surface area (Å²) in [5, 5.41) is 10.6. The Kier molecular flexibility index (Phi) is 4.81. The quantitative estimate of drug-likeness (QED) is 0.723. The summed E-state index contributed by atoms with van der Waals surface area (Å²) in [7, 11) is 0. The molecule has 1 aliphatic heterocycles. The van der Waals surface area contributed by atoms with Crippen LogP contribution in [0.15, 0.2) is 11.6 Å². The van der Waals surface area contributed by atoms with E-state index in [4.69, 9.17) is 10.5 Å². The molecular weight excluding hydrogens is 260 g/mol. The molecule has 0 aromatic heterocycles. The van der Waals surface area contributed by atoms with Gasteiger partial charge in [0.25, 0.3) is 0 Å². The van der Waals surface area contributed by atoms with Crippen molar-refractivity contribution in [3.8, 4) is 0 Å². The van der Waals surface area contributed by atoms with Gasteiger partial charge in [0.1, 0.15) is 0 Å². The number of rotatable bonds is 6. The lowest BCUT2D eigenvalue weighted by molar-refractivity contribution is -0.140. The fourth-order valence-corrected chi connectivity index (χ4v) is 2.26. The first-order chi connectivity index (χ1) is 9.10. The predicted octanol–water partition coefficient (Wildman–Crippen LogP) is 1.53. The molecule has 6 heteroatoms. The average Bonchev–Trinajstić information content (AvgIpc) is 2.42. The molecular formula is C14H24N2O4. The van der Waals surface area contributed by atoms with E-state index in [1.54, 1.807) is 6.92 Å². The summed E-state index contributed by atoms with van der Waals surface area (Å²) in [5.74, 6) is -0.522. The van der Waals surface area contributed by atoms with Crippen molar-refractivity contribution in [2.75, 3.05) is 6.54 Å². The lowest BCUT2D eigenvalue weighted by Crippen LogP contribution is -2.55. The number of allylic oxidation sites excluding steroid dienone is 2. The van der Waals surface area contributed by atoms with E-state index in [1.807, 2.05) is 19.9 Å². The van der Waals surface area contributed by atoms with Crippen LogP contribution in [0, 0.1) is 0 Å². The summed E-state index contributed by atoms with van der Waals surface area (Å²) >= 11 is 0. The second kappa shape index (κ2) is 5.83. The molecule has 1 rings (SSSR count). The number of hydrogen-bond donors (Lipinski definition) is 2. The number of ether oxygens (including phenoxy) is 1. The molecule has 1 fully saturated rings. The van der Waals surface area contributed by atoms with Crippen molar-refractivity contribution < 1.29 is 19.4 Å². The second-order valence-electron chi connectivity index (χ2n) is 5.81. The van der Waals surface area contributed by atoms with Crippen LogP contribution in [0.1, 0.15) is 47.0 Å². The lowest BCUT2D eigenvalue weighted by atomic mass is 9.88. The number of carbonyl (C=O) groups is 2. The summed E-state index contributed by atoms with van der Waals surface area (Å²) in [6, 6.07) is 0. The number of amides is 2. The van der Waals surface area contributed by atoms with Crippen molar-refractivity contribution in [1.82, 2.24) is 4.90 Å². The van der Waals surface area contributed by atoms with E-state index < -0.39 is 23.3 Å². The first-order valence-electron chi connectivity index (χ1n) is 6.75. The number of hydrogen-bond acceptors (Lipinski definition) is 4. The molecule has 0 bridgehead atoms. The smallest absolute Gasteiger partial charge is 0.412 e. The highest BCUT2D eigenvalue weighted by Crippen LogP contribution is 2.40. The highest BCUT2D eigenvalue weighted by molar-refractivity contribution is 5.76. The maximum atomic E-state index is 11.9. The Morgan fingerprint density at radius 3 is 2.55 bits per heavy atom. The van der Waals surface area contributed by atoms with Crippen LogP contribution in [0.5, 0.6) is 0 Å². The molecule has 2 atom stereocenters. The minimum atomic E-state index is -1.46. The van der Waals surface area contributed by atoms with Crippen LogP contribution < -0.4 is 5.73 Å². The van der Waals surface area contributed by atoms with Crippen LogP contribution in [0.25, 0.3) is 0 Å². The van der Waals surface area contributed by atoms with Crippen molar-refractivity contribution >= 4 is 12.0 Å². The van der Waals surface area contributed by atoms with Crippen molar-refractivity contribution in [1.29, 1.82) is 0 Å². The van der Waals surface area contributed by atoms with Crippen LogP contribution in [0.2, 0.25) is 0 Å². The first kappa shape index (κ1) is 16.5. The van der Waals surface area contributed by atoms with E-state index in [0.717, 1.165) is 0 Å². The summed E-state index contributed by atoms with van der Waals surface area (Å²) in [6.07, 6.45) is 2.61. The van der Waals surface area contributed by atoms with E-state index in [1.165, 1.54) is 17.4 Å². The third-order valence-electron chi connectivity index (χ3n) is 3.82. The number of nitrogens with zero attached hydrogens (tertiary/aromatic N) is 1. The van der Waals surface area contributed by atoms with Gasteiger partial charge < -0.3 is 15.6 Å². The molecule has 0 aromatic rings. The number of nitrogens with two attached hydrogens (primary N) is 1. The zero-order valence-electron chi connectivity index (χ0n) is 12.6. The Bertz CT molecular complexity index is 427. The molecule has 0 saturated carbocycles. The van der Waals surface area contributed by atoms with E-state index in [0.29, 0.717) is 12.8 Å². The molecule has 0 aliphatic carbocycles. The third-order valence-corrected chi connectivity index (χ3v) is 3.82. The maximum absolute atomic E-state index is 11.9. The Balaban J connectivity index is 2.81. The summed E-state index contributed by atoms with van der Waals surface area (Å²) in [4.78, 5) is 23.9. The summed E-state index contributed by atoms with van der Waals surface area (Å²) in [6.45, 7) is 7.26. The standard InChI is InChI=1S/C14H24N2O4/c1-10(2)6-5-8-13(3)14(4,19)16(12(18)20-13)9-7-11(15)17/h6,19H,5,7-9H2,1-4H3,(H2,15,17). The molecule has 3 N–H and O–H groups in total. The molecule has 1 saturated heterocycles. The number of carbonyl (C=O) groups excluding carboxylic acids is 2. The van der Waals surface area contributed by atoms with Crippen LogP contribution in [0.3, 0.4) is 0 Å². The van der Waals surface area contributed by atoms with E-state index in [2.05, 4.69) is 0 Å². The second-order valence-corrected chi connectivity index (χ2v) is 5.81. The first-order valence-corrected chi connectivity index (χ1v) is 6.75. The van der Waals surface area contributed by atoms with E-state index in [9.17, 15) is 14.7 Å². The highest BCUT2D eigenvalue weighted by Gasteiger charge is 2.58. The number of cyclic esters (lactones) is 1. The van der Waals surface area contributed by atoms with Crippen LogP contribution >= 0.6 is 0 Å². The summed E-state index contributed by atoms with van der Waals surface area (Å²) in [5.41, 5.74) is 3.78. The van der Waals surface area contributed by atoms with Gasteiger partial charge in [-0.1, -0.05) is 11.6 Å². The van der Waals surface area contributed by atoms with E-state index >= 15 is 0 Å². The van der Waals surface area contributed by atoms with Gasteiger partial charge in [0.05, 0.1) is 0 Å². The third kappa shape index (κ3) is 3.30. The predicted molar refractivity (Wildman–Crippen MR) is 74.7 cm³/mol. The highest BCUT2D eigenvalue weighted by atomic mass is 16.6. The number of primary amides is 1. The molecule has 20 heavy (non-hydrogen) atoms. The molecule has 114 valence electrons. The Morgan fingerprint density at radius 1 is 1.45 bits per heavy atom. The molecule has 0 radical (unpaired) electrons. The fourth-order valence-electron chi connectivity index (χ4n) is 2.26. The minimum absolute atomic E-state index is 0.00466. The molecule has 1 heterocycles. The normalized spacial score (nSPS) is 29.2.